The van der Waals surface area contributed by atoms with Crippen molar-refractivity contribution in [1.29, 1.82) is 0 Å². The van der Waals surface area contributed by atoms with E-state index < -0.39 is 0 Å². The third-order valence-corrected chi connectivity index (χ3v) is 3.30. The van der Waals surface area contributed by atoms with Crippen LogP contribution in [0.2, 0.25) is 0 Å². The molecule has 0 unspecified atom stereocenters. The summed E-state index contributed by atoms with van der Waals surface area (Å²) in [4.78, 5) is 12.3. The minimum Gasteiger partial charge on any atom is -0.315 e. The van der Waals surface area contributed by atoms with Crippen LogP contribution in [0.25, 0.3) is 5.69 Å². The van der Waals surface area contributed by atoms with Crippen molar-refractivity contribution in [2.24, 2.45) is 0 Å². The molecule has 4 nitrogen and oxygen atoms in total. The van der Waals surface area contributed by atoms with Crippen LogP contribution in [-0.4, -0.2) is 16.8 Å². The maximum absolute atomic E-state index is 12.3. The number of aromatic amines is 1. The molecule has 0 fully saturated rings. The van der Waals surface area contributed by atoms with Crippen LogP contribution in [0.15, 0.2) is 23.0 Å². The van der Waals surface area contributed by atoms with Gasteiger partial charge < -0.3 is 5.32 Å². The summed E-state index contributed by atoms with van der Waals surface area (Å²) in [6.45, 7) is 6.62. The van der Waals surface area contributed by atoms with Gasteiger partial charge in [-0.05, 0) is 51.1 Å². The summed E-state index contributed by atoms with van der Waals surface area (Å²) in [6, 6.07) is 6.02. The maximum atomic E-state index is 12.3. The Morgan fingerprint density at radius 2 is 1.94 bits per heavy atom. The Labute approximate surface area is 107 Å². The van der Waals surface area contributed by atoms with Crippen molar-refractivity contribution in [1.82, 2.24) is 15.1 Å². The number of nitrogens with one attached hydrogen (secondary N) is 2. The SMILES string of the molecule is CNCc1c(C)[nH]n(-c2ccc(C)c(C)c2)c1=O. The van der Waals surface area contributed by atoms with Gasteiger partial charge in [0.1, 0.15) is 0 Å². The van der Waals surface area contributed by atoms with Crippen LogP contribution in [0.4, 0.5) is 0 Å². The topological polar surface area (TPSA) is 49.8 Å². The number of rotatable bonds is 3. The molecule has 18 heavy (non-hydrogen) atoms. The highest BCUT2D eigenvalue weighted by molar-refractivity contribution is 5.39. The van der Waals surface area contributed by atoms with Crippen LogP contribution in [0.1, 0.15) is 22.4 Å². The molecule has 0 radical (unpaired) electrons. The fourth-order valence-electron chi connectivity index (χ4n) is 2.01. The van der Waals surface area contributed by atoms with Crippen molar-refractivity contribution in [2.75, 3.05) is 7.05 Å². The predicted molar refractivity (Wildman–Crippen MR) is 73.4 cm³/mol. The summed E-state index contributed by atoms with van der Waals surface area (Å²) in [5.74, 6) is 0. The molecule has 2 rings (SSSR count). The van der Waals surface area contributed by atoms with Gasteiger partial charge >= 0.3 is 0 Å². The summed E-state index contributed by atoms with van der Waals surface area (Å²) in [5, 5.41) is 6.14. The molecule has 4 heteroatoms. The fraction of sp³-hybridized carbons (Fsp3) is 0.357. The lowest BCUT2D eigenvalue weighted by Gasteiger charge is -2.05. The first-order valence-corrected chi connectivity index (χ1v) is 6.07. The second-order valence-electron chi connectivity index (χ2n) is 4.65. The Morgan fingerprint density at radius 1 is 1.22 bits per heavy atom. The van der Waals surface area contributed by atoms with E-state index in [-0.39, 0.29) is 5.56 Å². The van der Waals surface area contributed by atoms with E-state index in [0.29, 0.717) is 6.54 Å². The molecule has 0 aliphatic carbocycles. The van der Waals surface area contributed by atoms with Gasteiger partial charge in [0.05, 0.1) is 11.3 Å². The van der Waals surface area contributed by atoms with Gasteiger partial charge in [0.2, 0.25) is 0 Å². The molecule has 0 saturated heterocycles. The van der Waals surface area contributed by atoms with Crippen molar-refractivity contribution < 1.29 is 0 Å². The van der Waals surface area contributed by atoms with E-state index in [1.165, 1.54) is 11.1 Å². The average molecular weight is 245 g/mol. The number of hydrogen-bond acceptors (Lipinski definition) is 2. The molecule has 2 aromatic rings. The highest BCUT2D eigenvalue weighted by Crippen LogP contribution is 2.13. The average Bonchev–Trinajstić information content (AvgIpc) is 2.61. The van der Waals surface area contributed by atoms with Crippen molar-refractivity contribution in [3.63, 3.8) is 0 Å². The Morgan fingerprint density at radius 3 is 2.56 bits per heavy atom. The van der Waals surface area contributed by atoms with E-state index in [4.69, 9.17) is 0 Å². The number of benzene rings is 1. The number of aromatic nitrogens is 2. The molecular weight excluding hydrogens is 226 g/mol. The molecule has 0 bridgehead atoms. The molecule has 96 valence electrons. The molecule has 0 saturated carbocycles. The zero-order chi connectivity index (χ0) is 13.3. The fourth-order valence-corrected chi connectivity index (χ4v) is 2.01. The van der Waals surface area contributed by atoms with Crippen LogP contribution < -0.4 is 10.9 Å². The Bertz CT molecular complexity index is 622. The summed E-state index contributed by atoms with van der Waals surface area (Å²) in [5.41, 5.74) is 5.01. The lowest BCUT2D eigenvalue weighted by Crippen LogP contribution is -2.20. The molecule has 1 heterocycles. The molecule has 0 aliphatic rings. The van der Waals surface area contributed by atoms with E-state index in [9.17, 15) is 4.79 Å². The first-order chi connectivity index (χ1) is 8.54. The summed E-state index contributed by atoms with van der Waals surface area (Å²) < 4.78 is 1.61. The first-order valence-electron chi connectivity index (χ1n) is 6.07. The van der Waals surface area contributed by atoms with Crippen LogP contribution >= 0.6 is 0 Å². The van der Waals surface area contributed by atoms with Gasteiger partial charge in [0.15, 0.2) is 0 Å². The monoisotopic (exact) mass is 245 g/mol. The van der Waals surface area contributed by atoms with E-state index in [1.807, 2.05) is 39.1 Å². The van der Waals surface area contributed by atoms with E-state index in [0.717, 1.165) is 16.9 Å². The van der Waals surface area contributed by atoms with Crippen molar-refractivity contribution in [3.05, 3.63) is 50.9 Å². The molecular formula is C14H19N3O. The van der Waals surface area contributed by atoms with Gasteiger partial charge in [-0.2, -0.15) is 0 Å². The molecule has 1 aromatic carbocycles. The van der Waals surface area contributed by atoms with Crippen molar-refractivity contribution >= 4 is 0 Å². The van der Waals surface area contributed by atoms with Crippen LogP contribution in [0.5, 0.6) is 0 Å². The van der Waals surface area contributed by atoms with Crippen LogP contribution in [0, 0.1) is 20.8 Å². The summed E-state index contributed by atoms with van der Waals surface area (Å²) in [7, 11) is 1.84. The molecule has 1 aromatic heterocycles. The number of hydrogen-bond donors (Lipinski definition) is 2. The Balaban J connectivity index is 2.54. The second-order valence-corrected chi connectivity index (χ2v) is 4.65. The number of nitrogens with zero attached hydrogens (tertiary/aromatic N) is 1. The van der Waals surface area contributed by atoms with E-state index >= 15 is 0 Å². The number of aryl methyl sites for hydroxylation is 3. The quantitative estimate of drug-likeness (QED) is 0.866. The minimum absolute atomic E-state index is 0.0186. The van der Waals surface area contributed by atoms with E-state index in [1.54, 1.807) is 4.68 Å². The van der Waals surface area contributed by atoms with Gasteiger partial charge in [-0.15, -0.1) is 0 Å². The lowest BCUT2D eigenvalue weighted by molar-refractivity contribution is 0.801. The largest absolute Gasteiger partial charge is 0.315 e. The van der Waals surface area contributed by atoms with Gasteiger partial charge in [-0.1, -0.05) is 6.07 Å². The highest BCUT2D eigenvalue weighted by Gasteiger charge is 2.11. The molecule has 0 atom stereocenters. The molecule has 0 spiro atoms. The number of H-pyrrole nitrogens is 1. The smallest absolute Gasteiger partial charge is 0.275 e. The second kappa shape index (κ2) is 4.82. The zero-order valence-corrected chi connectivity index (χ0v) is 11.3. The van der Waals surface area contributed by atoms with Crippen LogP contribution in [0.3, 0.4) is 0 Å². The Hall–Kier alpha value is -1.81. The standard InChI is InChI=1S/C14H19N3O/c1-9-5-6-12(7-10(9)2)17-14(18)13(8-15-4)11(3)16-17/h5-7,15-16H,8H2,1-4H3. The van der Waals surface area contributed by atoms with Gasteiger partial charge in [0, 0.05) is 12.2 Å². The van der Waals surface area contributed by atoms with Gasteiger partial charge in [-0.25, -0.2) is 4.68 Å². The normalized spacial score (nSPS) is 10.9. The van der Waals surface area contributed by atoms with Gasteiger partial charge in [-0.3, -0.25) is 9.89 Å². The maximum Gasteiger partial charge on any atom is 0.275 e. The van der Waals surface area contributed by atoms with E-state index in [2.05, 4.69) is 17.3 Å². The summed E-state index contributed by atoms with van der Waals surface area (Å²) >= 11 is 0. The lowest BCUT2D eigenvalue weighted by atomic mass is 10.1. The molecule has 2 N–H and O–H groups in total. The predicted octanol–water partition coefficient (Wildman–Crippen LogP) is 1.81. The highest BCUT2D eigenvalue weighted by atomic mass is 16.1. The molecule has 0 aliphatic heterocycles. The Kier molecular flexibility index (Phi) is 3.39. The third kappa shape index (κ3) is 2.11. The van der Waals surface area contributed by atoms with Crippen molar-refractivity contribution in [3.8, 4) is 5.69 Å². The molecule has 0 amide bonds. The third-order valence-electron chi connectivity index (χ3n) is 3.30. The minimum atomic E-state index is 0.0186. The first kappa shape index (κ1) is 12.6. The summed E-state index contributed by atoms with van der Waals surface area (Å²) in [6.07, 6.45) is 0. The zero-order valence-electron chi connectivity index (χ0n) is 11.3. The van der Waals surface area contributed by atoms with Crippen LogP contribution in [-0.2, 0) is 6.54 Å². The van der Waals surface area contributed by atoms with Crippen molar-refractivity contribution in [2.45, 2.75) is 27.3 Å². The van der Waals surface area contributed by atoms with Gasteiger partial charge in [0.25, 0.3) is 5.56 Å².